The smallest absolute Gasteiger partial charge is 0.313 e. The van der Waals surface area contributed by atoms with Crippen molar-refractivity contribution in [1.29, 1.82) is 0 Å². The zero-order chi connectivity index (χ0) is 36.9. The number of ether oxygens (including phenoxy) is 4. The van der Waals surface area contributed by atoms with Crippen LogP contribution in [0.25, 0.3) is 0 Å². The van der Waals surface area contributed by atoms with E-state index in [1.54, 1.807) is 27.7 Å². The molecule has 0 amide bonds. The number of Topliss-reactive ketones (excluding diaryl/α,β-unsaturated/α-hetero) is 1. The zero-order valence-corrected chi connectivity index (χ0v) is 31.7. The number of aliphatic hydroxyl groups excluding tert-OH is 3. The number of carbonyl (C=O) groups excluding carboxylic acids is 2. The summed E-state index contributed by atoms with van der Waals surface area (Å²) in [5.41, 5.74) is 0. The average Bonchev–Trinajstić information content (AvgIpc) is 3.03. The molecule has 0 bridgehead atoms. The summed E-state index contributed by atoms with van der Waals surface area (Å²) in [6.45, 7) is 18.9. The molecule has 12 nitrogen and oxygen atoms in total. The first-order chi connectivity index (χ1) is 22.4. The minimum absolute atomic E-state index is 0.00914. The Bertz CT molecular complexity index is 942. The molecule has 0 aliphatic carbocycles. The van der Waals surface area contributed by atoms with Crippen molar-refractivity contribution in [2.24, 2.45) is 40.7 Å². The van der Waals surface area contributed by atoms with Crippen LogP contribution in [-0.4, -0.2) is 101 Å². The fourth-order valence-corrected chi connectivity index (χ4v) is 6.91. The molecule has 3 N–H and O–H groups in total. The molecule has 2 aliphatic rings. The molecular weight excluding hydrogens is 620 g/mol. The SMILES string of the molecule is CC1CC(N(C)C)CC(N=O)O1.CCC(O)OC(=O)C(C)C(O[C@H]1CC(C)[C@@H](O)C(C)O1)C(C)CC(C)C[C@@H](C)C(=O)[C@H](C)[C@@H](O)CC. The number of rotatable bonds is 17. The lowest BCUT2D eigenvalue weighted by atomic mass is 9.80. The summed E-state index contributed by atoms with van der Waals surface area (Å²) in [6.07, 6.45) is 0.295. The van der Waals surface area contributed by atoms with Gasteiger partial charge in [0.1, 0.15) is 5.78 Å². The summed E-state index contributed by atoms with van der Waals surface area (Å²) >= 11 is 0. The van der Waals surface area contributed by atoms with E-state index in [9.17, 15) is 29.8 Å². The van der Waals surface area contributed by atoms with E-state index in [0.717, 1.165) is 12.8 Å². The van der Waals surface area contributed by atoms with Crippen molar-refractivity contribution < 1.29 is 43.9 Å². The zero-order valence-electron chi connectivity index (χ0n) is 31.7. The fraction of sp³-hybridized carbons (Fsp3) is 0.944. The molecule has 0 aromatic carbocycles. The summed E-state index contributed by atoms with van der Waals surface area (Å²) < 4.78 is 22.8. The van der Waals surface area contributed by atoms with Crippen molar-refractivity contribution in [2.45, 2.75) is 170 Å². The van der Waals surface area contributed by atoms with Crippen molar-refractivity contribution in [2.75, 3.05) is 14.1 Å². The van der Waals surface area contributed by atoms with E-state index in [1.807, 2.05) is 48.7 Å². The molecule has 2 saturated heterocycles. The predicted octanol–water partition coefficient (Wildman–Crippen LogP) is 5.28. The lowest BCUT2D eigenvalue weighted by molar-refractivity contribution is -0.261. The molecule has 15 atom stereocenters. The van der Waals surface area contributed by atoms with Crippen LogP contribution in [-0.2, 0) is 28.5 Å². The Morgan fingerprint density at radius 1 is 0.917 bits per heavy atom. The predicted molar refractivity (Wildman–Crippen MR) is 185 cm³/mol. The summed E-state index contributed by atoms with van der Waals surface area (Å²) in [5, 5.41) is 33.1. The Labute approximate surface area is 289 Å². The molecule has 282 valence electrons. The second kappa shape index (κ2) is 21.6. The first-order valence-electron chi connectivity index (χ1n) is 18.1. The highest BCUT2D eigenvalue weighted by atomic mass is 16.7. The van der Waals surface area contributed by atoms with Gasteiger partial charge < -0.3 is 39.2 Å². The maximum absolute atomic E-state index is 12.8. The number of carbonyl (C=O) groups is 2. The standard InChI is InChI=1S/C28H52O8.C8H16N2O2/c1-10-22(29)19(7)25(31)16(4)12-15(3)13-18(6)27(20(8)28(33)35-23(30)11-2)36-24-14-17(5)26(32)21(9)34-24;1-6-4-7(10(2)3)5-8(9-11)12-6/h15-24,26-27,29-30,32H,10-14H2,1-9H3;6-8H,4-5H2,1-3H3/t15?,16-,17?,18?,19-,20?,21?,22+,23?,24+,26-,27?;/m1./s1. The number of esters is 1. The van der Waals surface area contributed by atoms with Crippen LogP contribution in [0.4, 0.5) is 0 Å². The van der Waals surface area contributed by atoms with Gasteiger partial charge in [-0.05, 0) is 83.5 Å². The van der Waals surface area contributed by atoms with Gasteiger partial charge in [-0.3, -0.25) is 9.59 Å². The Morgan fingerprint density at radius 3 is 2.06 bits per heavy atom. The van der Waals surface area contributed by atoms with Gasteiger partial charge in [0.2, 0.25) is 0 Å². The van der Waals surface area contributed by atoms with Gasteiger partial charge in [-0.15, -0.1) is 4.91 Å². The second-order valence-corrected chi connectivity index (χ2v) is 14.9. The molecule has 0 saturated carbocycles. The number of hydrogen-bond acceptors (Lipinski definition) is 12. The monoisotopic (exact) mass is 688 g/mol. The average molecular weight is 689 g/mol. The number of hydrogen-bond donors (Lipinski definition) is 3. The Hall–Kier alpha value is -1.54. The van der Waals surface area contributed by atoms with E-state index in [-0.39, 0.29) is 41.7 Å². The molecule has 2 aliphatic heterocycles. The van der Waals surface area contributed by atoms with Crippen LogP contribution in [0.1, 0.15) is 114 Å². The van der Waals surface area contributed by atoms with E-state index in [2.05, 4.69) is 17.0 Å². The van der Waals surface area contributed by atoms with Crippen LogP contribution in [0.15, 0.2) is 5.18 Å². The van der Waals surface area contributed by atoms with Crippen molar-refractivity contribution >= 4 is 11.8 Å². The third-order valence-electron chi connectivity index (χ3n) is 10.1. The maximum Gasteiger partial charge on any atom is 0.313 e. The van der Waals surface area contributed by atoms with Crippen molar-refractivity contribution in [1.82, 2.24) is 4.90 Å². The van der Waals surface area contributed by atoms with Crippen LogP contribution in [0.2, 0.25) is 0 Å². The van der Waals surface area contributed by atoms with Gasteiger partial charge in [0.05, 0.1) is 36.4 Å². The van der Waals surface area contributed by atoms with Gasteiger partial charge in [-0.2, -0.15) is 0 Å². The van der Waals surface area contributed by atoms with Gasteiger partial charge >= 0.3 is 5.97 Å². The molecule has 2 rings (SSSR count). The van der Waals surface area contributed by atoms with Crippen LogP contribution in [0.3, 0.4) is 0 Å². The number of nitrogens with zero attached hydrogens (tertiary/aromatic N) is 2. The van der Waals surface area contributed by atoms with Gasteiger partial charge in [0.25, 0.3) is 0 Å². The van der Waals surface area contributed by atoms with Gasteiger partial charge in [-0.1, -0.05) is 48.5 Å². The summed E-state index contributed by atoms with van der Waals surface area (Å²) in [7, 11) is 4.04. The summed E-state index contributed by atoms with van der Waals surface area (Å²) in [5.74, 6) is -1.59. The largest absolute Gasteiger partial charge is 0.436 e. The van der Waals surface area contributed by atoms with Gasteiger partial charge in [0.15, 0.2) is 18.8 Å². The third-order valence-corrected chi connectivity index (χ3v) is 10.1. The lowest BCUT2D eigenvalue weighted by Crippen LogP contribution is -2.47. The van der Waals surface area contributed by atoms with E-state index < -0.39 is 54.9 Å². The van der Waals surface area contributed by atoms with E-state index in [4.69, 9.17) is 18.9 Å². The quantitative estimate of drug-likeness (QED) is 0.103. The summed E-state index contributed by atoms with van der Waals surface area (Å²) in [4.78, 5) is 38.0. The van der Waals surface area contributed by atoms with Crippen molar-refractivity contribution in [3.05, 3.63) is 4.91 Å². The topological polar surface area (TPSA) is 164 Å². The van der Waals surface area contributed by atoms with Crippen LogP contribution in [0, 0.1) is 40.4 Å². The van der Waals surface area contributed by atoms with Crippen molar-refractivity contribution in [3.8, 4) is 0 Å². The highest BCUT2D eigenvalue weighted by Crippen LogP contribution is 2.33. The van der Waals surface area contributed by atoms with Crippen LogP contribution >= 0.6 is 0 Å². The first kappa shape index (κ1) is 44.5. The molecule has 48 heavy (non-hydrogen) atoms. The Morgan fingerprint density at radius 2 is 1.54 bits per heavy atom. The molecule has 12 heteroatoms. The van der Waals surface area contributed by atoms with Crippen LogP contribution < -0.4 is 0 Å². The minimum Gasteiger partial charge on any atom is -0.436 e. The molecule has 0 aromatic heterocycles. The van der Waals surface area contributed by atoms with E-state index in [0.29, 0.717) is 38.1 Å². The van der Waals surface area contributed by atoms with Crippen molar-refractivity contribution in [3.63, 3.8) is 0 Å². The lowest BCUT2D eigenvalue weighted by Gasteiger charge is -2.40. The molecule has 2 heterocycles. The molecule has 0 aromatic rings. The third kappa shape index (κ3) is 14.4. The first-order valence-corrected chi connectivity index (χ1v) is 18.1. The molecule has 0 radical (unpaired) electrons. The van der Waals surface area contributed by atoms with E-state index in [1.165, 1.54) is 0 Å². The Balaban J connectivity index is 0.000000800. The number of aliphatic hydroxyl groups is 3. The molecular formula is C36H68N2O10. The second-order valence-electron chi connectivity index (χ2n) is 14.9. The maximum atomic E-state index is 12.8. The fourth-order valence-electron chi connectivity index (χ4n) is 6.91. The minimum atomic E-state index is -1.16. The number of ketones is 1. The normalized spacial score (nSPS) is 31.2. The Kier molecular flexibility index (Phi) is 20.0. The molecule has 2 fully saturated rings. The highest BCUT2D eigenvalue weighted by molar-refractivity contribution is 5.83. The highest BCUT2D eigenvalue weighted by Gasteiger charge is 2.39. The van der Waals surface area contributed by atoms with E-state index >= 15 is 0 Å². The van der Waals surface area contributed by atoms with Crippen LogP contribution in [0.5, 0.6) is 0 Å². The number of nitroso groups, excluding NO2 is 1. The van der Waals surface area contributed by atoms with Gasteiger partial charge in [0, 0.05) is 37.1 Å². The molecule has 0 spiro atoms. The molecule has 10 unspecified atom stereocenters. The van der Waals surface area contributed by atoms with Gasteiger partial charge in [-0.25, -0.2) is 0 Å². The summed E-state index contributed by atoms with van der Waals surface area (Å²) in [6, 6.07) is 0.427.